The fraction of sp³-hybridized carbons (Fsp3) is 0. The minimum atomic E-state index is -3.83. The van der Waals surface area contributed by atoms with Crippen LogP contribution in [-0.2, 0) is 10.1 Å². The van der Waals surface area contributed by atoms with Gasteiger partial charge >= 0.3 is 10.1 Å². The Hall–Kier alpha value is -3.00. The summed E-state index contributed by atoms with van der Waals surface area (Å²) >= 11 is 0. The zero-order chi connectivity index (χ0) is 16.1. The van der Waals surface area contributed by atoms with Gasteiger partial charge in [0.25, 0.3) is 0 Å². The van der Waals surface area contributed by atoms with Gasteiger partial charge < -0.3 is 4.18 Å². The molecule has 0 fully saturated rings. The average Bonchev–Trinajstić information content (AvgIpc) is 3.08. The third-order valence-corrected chi connectivity index (χ3v) is 4.12. The van der Waals surface area contributed by atoms with Crippen LogP contribution in [0.15, 0.2) is 70.8 Å². The van der Waals surface area contributed by atoms with Gasteiger partial charge in [0.15, 0.2) is 0 Å². The summed E-state index contributed by atoms with van der Waals surface area (Å²) in [5.74, 6) is 0.614. The number of hydrogen-bond acceptors (Lipinski definition) is 6. The third kappa shape index (κ3) is 3.80. The Morgan fingerprint density at radius 1 is 1.04 bits per heavy atom. The number of nitrogens with zero attached hydrogens (tertiary/aromatic N) is 3. The largest absolute Gasteiger partial charge is 0.379 e. The maximum Gasteiger partial charge on any atom is 0.339 e. The van der Waals surface area contributed by atoms with Gasteiger partial charge in [-0.1, -0.05) is 18.2 Å². The number of hydrogen-bond donors (Lipinski definition) is 1. The molecular weight excluding hydrogens is 316 g/mol. The van der Waals surface area contributed by atoms with E-state index >= 15 is 0 Å². The monoisotopic (exact) mass is 328 g/mol. The zero-order valence-electron chi connectivity index (χ0n) is 11.8. The maximum atomic E-state index is 12.1. The van der Waals surface area contributed by atoms with Gasteiger partial charge in [-0.3, -0.25) is 0 Å². The molecule has 1 aromatic heterocycles. The lowest BCUT2D eigenvalue weighted by Gasteiger charge is -2.06. The van der Waals surface area contributed by atoms with Crippen molar-refractivity contribution in [1.82, 2.24) is 15.2 Å². The number of aromatic amines is 1. The Morgan fingerprint density at radius 2 is 1.78 bits per heavy atom. The van der Waals surface area contributed by atoms with E-state index in [4.69, 9.17) is 4.18 Å². The molecule has 0 amide bonds. The van der Waals surface area contributed by atoms with E-state index in [1.807, 2.05) is 0 Å². The molecule has 0 aliphatic heterocycles. The van der Waals surface area contributed by atoms with Gasteiger partial charge in [-0.25, -0.2) is 10.1 Å². The Labute approximate surface area is 132 Å². The number of benzene rings is 2. The van der Waals surface area contributed by atoms with Crippen LogP contribution in [0.3, 0.4) is 0 Å². The summed E-state index contributed by atoms with van der Waals surface area (Å²) in [5, 5.41) is 6.29. The summed E-state index contributed by atoms with van der Waals surface area (Å²) in [6, 6.07) is 14.5. The molecule has 0 aliphatic carbocycles. The van der Waals surface area contributed by atoms with Crippen molar-refractivity contribution in [3.63, 3.8) is 0 Å². The molecule has 3 aromatic rings. The summed E-state index contributed by atoms with van der Waals surface area (Å²) in [5.41, 5.74) is 0.769. The Morgan fingerprint density at radius 3 is 2.43 bits per heavy atom. The second kappa shape index (κ2) is 6.41. The Balaban J connectivity index is 1.73. The Bertz CT molecular complexity index is 890. The first-order valence-electron chi connectivity index (χ1n) is 6.62. The minimum absolute atomic E-state index is 0.107. The van der Waals surface area contributed by atoms with Gasteiger partial charge in [-0.2, -0.15) is 18.5 Å². The SMILES string of the molecule is O=S(=O)(Oc1ccc(/C=N/c2ncn[nH]2)cc1)c1ccccc1. The lowest BCUT2D eigenvalue weighted by Crippen LogP contribution is -2.09. The topological polar surface area (TPSA) is 97.3 Å². The van der Waals surface area contributed by atoms with Gasteiger partial charge in [0, 0.05) is 6.21 Å². The predicted octanol–water partition coefficient (Wildman–Crippen LogP) is 2.32. The summed E-state index contributed by atoms with van der Waals surface area (Å²) in [4.78, 5) is 8.04. The van der Waals surface area contributed by atoms with Crippen molar-refractivity contribution in [3.8, 4) is 5.75 Å². The normalized spacial score (nSPS) is 11.7. The summed E-state index contributed by atoms with van der Waals surface area (Å²) in [6.07, 6.45) is 2.94. The molecule has 0 radical (unpaired) electrons. The highest BCUT2D eigenvalue weighted by atomic mass is 32.2. The molecule has 0 unspecified atom stereocenters. The van der Waals surface area contributed by atoms with Crippen LogP contribution in [0.2, 0.25) is 0 Å². The van der Waals surface area contributed by atoms with E-state index in [1.54, 1.807) is 48.7 Å². The zero-order valence-corrected chi connectivity index (χ0v) is 12.6. The molecule has 0 aliphatic rings. The van der Waals surface area contributed by atoms with Gasteiger partial charge in [0.2, 0.25) is 5.95 Å². The smallest absolute Gasteiger partial charge is 0.339 e. The maximum absolute atomic E-state index is 12.1. The standard InChI is InChI=1S/C15H12N4O3S/c20-23(21,14-4-2-1-3-5-14)22-13-8-6-12(7-9-13)10-16-15-17-11-18-19-15/h1-11H,(H,17,18,19)/b16-10+. The summed E-state index contributed by atoms with van der Waals surface area (Å²) < 4.78 is 29.3. The molecule has 0 saturated carbocycles. The number of rotatable bonds is 5. The molecule has 116 valence electrons. The van der Waals surface area contributed by atoms with E-state index in [-0.39, 0.29) is 10.6 Å². The lowest BCUT2D eigenvalue weighted by molar-refractivity contribution is 0.486. The van der Waals surface area contributed by atoms with Crippen LogP contribution in [-0.4, -0.2) is 29.8 Å². The highest BCUT2D eigenvalue weighted by Crippen LogP contribution is 2.18. The fourth-order valence-corrected chi connectivity index (χ4v) is 2.72. The van der Waals surface area contributed by atoms with Crippen molar-refractivity contribution in [1.29, 1.82) is 0 Å². The summed E-state index contributed by atoms with van der Waals surface area (Å²) in [7, 11) is -3.83. The second-order valence-corrected chi connectivity index (χ2v) is 6.03. The predicted molar refractivity (Wildman–Crippen MR) is 84.3 cm³/mol. The first-order valence-corrected chi connectivity index (χ1v) is 8.03. The van der Waals surface area contributed by atoms with E-state index in [0.717, 1.165) is 5.56 Å². The van der Waals surface area contributed by atoms with Crippen LogP contribution in [0.25, 0.3) is 0 Å². The highest BCUT2D eigenvalue weighted by molar-refractivity contribution is 7.87. The van der Waals surface area contributed by atoms with Gasteiger partial charge in [-0.15, -0.1) is 0 Å². The van der Waals surface area contributed by atoms with Crippen molar-refractivity contribution in [2.45, 2.75) is 4.90 Å². The number of nitrogens with one attached hydrogen (secondary N) is 1. The molecule has 23 heavy (non-hydrogen) atoms. The lowest BCUT2D eigenvalue weighted by atomic mass is 10.2. The molecule has 0 spiro atoms. The second-order valence-electron chi connectivity index (χ2n) is 4.49. The Kier molecular flexibility index (Phi) is 4.15. The highest BCUT2D eigenvalue weighted by Gasteiger charge is 2.15. The molecule has 3 rings (SSSR count). The number of aliphatic imine (C=N–C) groups is 1. The van der Waals surface area contributed by atoms with Crippen molar-refractivity contribution in [2.75, 3.05) is 0 Å². The minimum Gasteiger partial charge on any atom is -0.379 e. The molecule has 1 N–H and O–H groups in total. The van der Waals surface area contributed by atoms with Gasteiger partial charge in [-0.05, 0) is 42.0 Å². The molecule has 0 bridgehead atoms. The quantitative estimate of drug-likeness (QED) is 0.572. The fourth-order valence-electron chi connectivity index (χ4n) is 1.77. The molecule has 2 aromatic carbocycles. The van der Waals surface area contributed by atoms with Crippen LogP contribution in [0.4, 0.5) is 5.95 Å². The molecule has 1 heterocycles. The van der Waals surface area contributed by atoms with Crippen LogP contribution in [0.5, 0.6) is 5.75 Å². The first kappa shape index (κ1) is 14.9. The van der Waals surface area contributed by atoms with E-state index < -0.39 is 10.1 Å². The first-order chi connectivity index (χ1) is 11.1. The van der Waals surface area contributed by atoms with E-state index in [1.165, 1.54) is 18.5 Å². The molecular formula is C15H12N4O3S. The third-order valence-electron chi connectivity index (χ3n) is 2.86. The molecule has 7 nitrogen and oxygen atoms in total. The van der Waals surface area contributed by atoms with Crippen molar-refractivity contribution >= 4 is 22.3 Å². The van der Waals surface area contributed by atoms with Crippen LogP contribution in [0, 0.1) is 0 Å². The van der Waals surface area contributed by atoms with Gasteiger partial charge in [0.1, 0.15) is 17.0 Å². The van der Waals surface area contributed by atoms with Crippen molar-refractivity contribution in [3.05, 3.63) is 66.5 Å². The average molecular weight is 328 g/mol. The van der Waals surface area contributed by atoms with Crippen molar-refractivity contribution < 1.29 is 12.6 Å². The van der Waals surface area contributed by atoms with E-state index in [9.17, 15) is 8.42 Å². The number of aromatic nitrogens is 3. The summed E-state index contributed by atoms with van der Waals surface area (Å²) in [6.45, 7) is 0. The van der Waals surface area contributed by atoms with Crippen molar-refractivity contribution in [2.24, 2.45) is 4.99 Å². The van der Waals surface area contributed by atoms with Crippen LogP contribution >= 0.6 is 0 Å². The van der Waals surface area contributed by atoms with E-state index in [2.05, 4.69) is 20.2 Å². The van der Waals surface area contributed by atoms with Crippen LogP contribution in [0.1, 0.15) is 5.56 Å². The number of H-pyrrole nitrogens is 1. The molecule has 0 saturated heterocycles. The van der Waals surface area contributed by atoms with Crippen LogP contribution < -0.4 is 4.18 Å². The van der Waals surface area contributed by atoms with E-state index in [0.29, 0.717) is 5.95 Å². The molecule has 0 atom stereocenters. The van der Waals surface area contributed by atoms with Gasteiger partial charge in [0.05, 0.1) is 0 Å². The molecule has 8 heteroatoms.